The van der Waals surface area contributed by atoms with Crippen molar-refractivity contribution in [1.29, 1.82) is 0 Å². The number of amides is 1. The first-order valence-corrected chi connectivity index (χ1v) is 7.45. The fraction of sp³-hybridized carbons (Fsp3) is 0.538. The third kappa shape index (κ3) is 5.75. The van der Waals surface area contributed by atoms with Gasteiger partial charge in [-0.15, -0.1) is 0 Å². The maximum atomic E-state index is 11.6. The highest BCUT2D eigenvalue weighted by atomic mass is 35.5. The van der Waals surface area contributed by atoms with E-state index in [9.17, 15) is 4.79 Å². The zero-order valence-corrected chi connectivity index (χ0v) is 14.4. The molecule has 0 aliphatic rings. The van der Waals surface area contributed by atoms with E-state index in [2.05, 4.69) is 20.9 Å². The number of aromatic nitrogens is 1. The zero-order valence-electron chi connectivity index (χ0n) is 12.9. The van der Waals surface area contributed by atoms with Crippen LogP contribution in [-0.2, 0) is 23.1 Å². The summed E-state index contributed by atoms with van der Waals surface area (Å²) in [5.74, 6) is 0.375. The monoisotopic (exact) mass is 349 g/mol. The number of methoxy groups -OCH3 is 1. The minimum absolute atomic E-state index is 0.123. The average Bonchev–Trinajstić information content (AvgIpc) is 2.75. The minimum Gasteiger partial charge on any atom is -0.383 e. The van der Waals surface area contributed by atoms with Crippen molar-refractivity contribution in [3.63, 3.8) is 0 Å². The molecule has 1 amide bonds. The van der Waals surface area contributed by atoms with Gasteiger partial charge in [-0.2, -0.15) is 0 Å². The van der Waals surface area contributed by atoms with Gasteiger partial charge in [-0.3, -0.25) is 9.79 Å². The van der Waals surface area contributed by atoms with Crippen LogP contribution in [0.2, 0.25) is 10.2 Å². The number of carbonyl (C=O) groups excluding carboxylic acids is 1. The van der Waals surface area contributed by atoms with Crippen molar-refractivity contribution in [3.8, 4) is 0 Å². The van der Waals surface area contributed by atoms with Crippen LogP contribution in [0.3, 0.4) is 0 Å². The second-order valence-corrected chi connectivity index (χ2v) is 5.22. The number of rotatable bonds is 7. The van der Waals surface area contributed by atoms with E-state index in [1.54, 1.807) is 24.8 Å². The quantitative estimate of drug-likeness (QED) is 0.385. The number of hydrogen-bond donors (Lipinski definition) is 3. The van der Waals surface area contributed by atoms with Crippen LogP contribution < -0.4 is 16.0 Å². The van der Waals surface area contributed by atoms with Crippen LogP contribution in [0.15, 0.2) is 11.1 Å². The van der Waals surface area contributed by atoms with Crippen LogP contribution in [0.5, 0.6) is 0 Å². The first-order valence-electron chi connectivity index (χ1n) is 6.69. The summed E-state index contributed by atoms with van der Waals surface area (Å²) in [6.07, 6.45) is 0. The van der Waals surface area contributed by atoms with Crippen LogP contribution >= 0.6 is 23.2 Å². The van der Waals surface area contributed by atoms with Crippen molar-refractivity contribution in [3.05, 3.63) is 21.9 Å². The van der Waals surface area contributed by atoms with Crippen LogP contribution in [0, 0.1) is 0 Å². The molecule has 0 aromatic carbocycles. The van der Waals surface area contributed by atoms with Crippen molar-refractivity contribution in [2.24, 2.45) is 12.0 Å². The van der Waals surface area contributed by atoms with E-state index in [1.807, 2.05) is 7.05 Å². The van der Waals surface area contributed by atoms with Crippen molar-refractivity contribution < 1.29 is 9.53 Å². The first kappa shape index (κ1) is 18.6. The van der Waals surface area contributed by atoms with Crippen LogP contribution in [0.1, 0.15) is 5.69 Å². The highest BCUT2D eigenvalue weighted by Gasteiger charge is 2.09. The van der Waals surface area contributed by atoms with Gasteiger partial charge in [0, 0.05) is 33.4 Å². The smallest absolute Gasteiger partial charge is 0.239 e. The van der Waals surface area contributed by atoms with E-state index in [-0.39, 0.29) is 12.5 Å². The Morgan fingerprint density at radius 3 is 2.64 bits per heavy atom. The summed E-state index contributed by atoms with van der Waals surface area (Å²) >= 11 is 12.0. The number of guanidine groups is 1. The molecule has 1 aromatic rings. The van der Waals surface area contributed by atoms with Gasteiger partial charge in [0.25, 0.3) is 0 Å². The molecule has 0 aliphatic carbocycles. The molecule has 0 fully saturated rings. The average molecular weight is 350 g/mol. The van der Waals surface area contributed by atoms with Crippen molar-refractivity contribution in [2.45, 2.75) is 6.54 Å². The molecule has 22 heavy (non-hydrogen) atoms. The molecule has 0 saturated carbocycles. The Kier molecular flexibility index (Phi) is 8.08. The number of hydrogen-bond acceptors (Lipinski definition) is 3. The number of halogens is 2. The third-order valence-corrected chi connectivity index (χ3v) is 3.76. The van der Waals surface area contributed by atoms with E-state index in [4.69, 9.17) is 27.9 Å². The first-order chi connectivity index (χ1) is 10.5. The topological polar surface area (TPSA) is 79.7 Å². The number of nitrogens with one attached hydrogen (secondary N) is 3. The molecule has 0 aliphatic heterocycles. The van der Waals surface area contributed by atoms with Crippen molar-refractivity contribution >= 4 is 35.1 Å². The van der Waals surface area contributed by atoms with E-state index >= 15 is 0 Å². The Hall–Kier alpha value is -1.44. The summed E-state index contributed by atoms with van der Waals surface area (Å²) in [4.78, 5) is 15.6. The van der Waals surface area contributed by atoms with Gasteiger partial charge in [0.15, 0.2) is 5.96 Å². The van der Waals surface area contributed by atoms with Crippen LogP contribution in [0.25, 0.3) is 0 Å². The van der Waals surface area contributed by atoms with E-state index in [1.165, 1.54) is 0 Å². The van der Waals surface area contributed by atoms with E-state index in [0.29, 0.717) is 35.8 Å². The molecule has 3 N–H and O–H groups in total. The molecule has 1 aromatic heterocycles. The summed E-state index contributed by atoms with van der Waals surface area (Å²) in [5, 5.41) is 9.70. The molecule has 9 heteroatoms. The number of nitrogens with zero attached hydrogens (tertiary/aromatic N) is 2. The summed E-state index contributed by atoms with van der Waals surface area (Å²) in [5.41, 5.74) is 0.905. The fourth-order valence-corrected chi connectivity index (χ4v) is 2.09. The molecule has 7 nitrogen and oxygen atoms in total. The molecule has 0 bridgehead atoms. The number of carbonyl (C=O) groups is 1. The molecule has 0 atom stereocenters. The van der Waals surface area contributed by atoms with Crippen LogP contribution in [-0.4, -0.2) is 50.3 Å². The summed E-state index contributed by atoms with van der Waals surface area (Å²) in [6.45, 7) is 1.56. The van der Waals surface area contributed by atoms with Gasteiger partial charge < -0.3 is 25.3 Å². The molecule has 124 valence electrons. The standard InChI is InChI=1S/C13H21Cl2N5O2/c1-16-13(19-8-11(21)17-4-5-22-3)18-7-9-6-10(14)12(15)20(9)2/h6H,4-5,7-8H2,1-3H3,(H,17,21)(H2,16,18,19). The predicted octanol–water partition coefficient (Wildman–Crippen LogP) is 0.760. The fourth-order valence-electron chi connectivity index (χ4n) is 1.67. The maximum Gasteiger partial charge on any atom is 0.239 e. The molecular weight excluding hydrogens is 329 g/mol. The van der Waals surface area contributed by atoms with Crippen molar-refractivity contribution in [1.82, 2.24) is 20.5 Å². The Bertz CT molecular complexity index is 531. The normalized spacial score (nSPS) is 11.4. The molecule has 0 unspecified atom stereocenters. The second-order valence-electron chi connectivity index (χ2n) is 4.46. The molecular formula is C13H21Cl2N5O2. The maximum absolute atomic E-state index is 11.6. The molecule has 1 heterocycles. The predicted molar refractivity (Wildman–Crippen MR) is 88.5 cm³/mol. The Labute approximate surface area is 140 Å². The minimum atomic E-state index is -0.134. The van der Waals surface area contributed by atoms with E-state index in [0.717, 1.165) is 5.69 Å². The highest BCUT2D eigenvalue weighted by Crippen LogP contribution is 2.24. The molecule has 0 spiro atoms. The number of aliphatic imine (C=N–C) groups is 1. The van der Waals surface area contributed by atoms with Gasteiger partial charge in [-0.05, 0) is 6.07 Å². The summed E-state index contributed by atoms with van der Waals surface area (Å²) in [6, 6.07) is 1.78. The SMILES string of the molecule is CN=C(NCC(=O)NCCOC)NCc1cc(Cl)c(Cl)n1C. The van der Waals surface area contributed by atoms with Gasteiger partial charge in [0.05, 0.1) is 24.7 Å². The lowest BCUT2D eigenvalue weighted by Gasteiger charge is -2.12. The second kappa shape index (κ2) is 9.55. The Morgan fingerprint density at radius 2 is 2.09 bits per heavy atom. The summed E-state index contributed by atoms with van der Waals surface area (Å²) < 4.78 is 6.63. The van der Waals surface area contributed by atoms with Gasteiger partial charge >= 0.3 is 0 Å². The van der Waals surface area contributed by atoms with E-state index < -0.39 is 0 Å². The summed E-state index contributed by atoms with van der Waals surface area (Å²) in [7, 11) is 5.03. The number of ether oxygens (including phenoxy) is 1. The van der Waals surface area contributed by atoms with Crippen LogP contribution in [0.4, 0.5) is 0 Å². The van der Waals surface area contributed by atoms with Gasteiger partial charge in [-0.25, -0.2) is 0 Å². The zero-order chi connectivity index (χ0) is 16.5. The highest BCUT2D eigenvalue weighted by molar-refractivity contribution is 6.41. The lowest BCUT2D eigenvalue weighted by atomic mass is 10.4. The lowest BCUT2D eigenvalue weighted by molar-refractivity contribution is -0.120. The van der Waals surface area contributed by atoms with Gasteiger partial charge in [0.2, 0.25) is 5.91 Å². The Balaban J connectivity index is 2.39. The lowest BCUT2D eigenvalue weighted by Crippen LogP contribution is -2.43. The molecule has 0 saturated heterocycles. The van der Waals surface area contributed by atoms with Crippen molar-refractivity contribution in [2.75, 3.05) is 33.9 Å². The molecule has 0 radical (unpaired) electrons. The third-order valence-electron chi connectivity index (χ3n) is 2.92. The van der Waals surface area contributed by atoms with Gasteiger partial charge in [-0.1, -0.05) is 23.2 Å². The Morgan fingerprint density at radius 1 is 1.36 bits per heavy atom. The molecule has 1 rings (SSSR count). The van der Waals surface area contributed by atoms with Gasteiger partial charge in [0.1, 0.15) is 5.15 Å². The largest absolute Gasteiger partial charge is 0.383 e.